The SMILES string of the molecule is Cc1ccc(S(=O)(=O)Nc2cccc(S(=O)(=O)N3CCCCC3)c2)c(C)c1. The third-order valence-electron chi connectivity index (χ3n) is 4.66. The van der Waals surface area contributed by atoms with Crippen LogP contribution < -0.4 is 4.72 Å². The van der Waals surface area contributed by atoms with Gasteiger partial charge in [-0.2, -0.15) is 4.31 Å². The Morgan fingerprint density at radius 1 is 0.889 bits per heavy atom. The minimum Gasteiger partial charge on any atom is -0.280 e. The van der Waals surface area contributed by atoms with Crippen LogP contribution in [0.1, 0.15) is 30.4 Å². The fraction of sp³-hybridized carbons (Fsp3) is 0.368. The van der Waals surface area contributed by atoms with Crippen molar-refractivity contribution in [3.05, 3.63) is 53.6 Å². The molecule has 1 saturated heterocycles. The van der Waals surface area contributed by atoms with E-state index in [-0.39, 0.29) is 15.5 Å². The van der Waals surface area contributed by atoms with Gasteiger partial charge in [-0.25, -0.2) is 16.8 Å². The van der Waals surface area contributed by atoms with Crippen molar-refractivity contribution >= 4 is 25.7 Å². The Bertz CT molecular complexity index is 1040. The molecule has 1 aliphatic heterocycles. The van der Waals surface area contributed by atoms with Crippen LogP contribution in [-0.2, 0) is 20.0 Å². The number of hydrogen-bond acceptors (Lipinski definition) is 4. The molecule has 2 aromatic carbocycles. The molecule has 27 heavy (non-hydrogen) atoms. The molecule has 0 aliphatic carbocycles. The van der Waals surface area contributed by atoms with Crippen molar-refractivity contribution < 1.29 is 16.8 Å². The summed E-state index contributed by atoms with van der Waals surface area (Å²) < 4.78 is 55.0. The van der Waals surface area contributed by atoms with Gasteiger partial charge in [-0.05, 0) is 56.5 Å². The van der Waals surface area contributed by atoms with Crippen LogP contribution in [0.5, 0.6) is 0 Å². The van der Waals surface area contributed by atoms with Crippen molar-refractivity contribution in [3.63, 3.8) is 0 Å². The second-order valence-corrected chi connectivity index (χ2v) is 10.5. The summed E-state index contributed by atoms with van der Waals surface area (Å²) in [6.45, 7) is 4.63. The van der Waals surface area contributed by atoms with E-state index in [4.69, 9.17) is 0 Å². The summed E-state index contributed by atoms with van der Waals surface area (Å²) in [5.41, 5.74) is 1.84. The molecule has 0 bridgehead atoms. The Hall–Kier alpha value is -1.90. The van der Waals surface area contributed by atoms with E-state index < -0.39 is 20.0 Å². The molecule has 0 aromatic heterocycles. The van der Waals surface area contributed by atoms with Crippen LogP contribution in [0.2, 0.25) is 0 Å². The fourth-order valence-electron chi connectivity index (χ4n) is 3.29. The summed E-state index contributed by atoms with van der Waals surface area (Å²) in [6, 6.07) is 11.1. The van der Waals surface area contributed by atoms with E-state index >= 15 is 0 Å². The van der Waals surface area contributed by atoms with Gasteiger partial charge < -0.3 is 0 Å². The summed E-state index contributed by atoms with van der Waals surface area (Å²) in [5.74, 6) is 0. The molecule has 0 spiro atoms. The Morgan fingerprint density at radius 2 is 1.59 bits per heavy atom. The molecule has 2 aromatic rings. The molecule has 6 nitrogen and oxygen atoms in total. The van der Waals surface area contributed by atoms with Crippen LogP contribution in [0.15, 0.2) is 52.3 Å². The number of piperidine rings is 1. The monoisotopic (exact) mass is 408 g/mol. The minimum absolute atomic E-state index is 0.102. The van der Waals surface area contributed by atoms with E-state index in [1.807, 2.05) is 6.92 Å². The first-order valence-corrected chi connectivity index (χ1v) is 11.8. The molecular weight excluding hydrogens is 384 g/mol. The Morgan fingerprint density at radius 3 is 2.26 bits per heavy atom. The molecule has 8 heteroatoms. The van der Waals surface area contributed by atoms with Crippen molar-refractivity contribution in [2.45, 2.75) is 42.9 Å². The molecular formula is C19H24N2O4S2. The maximum absolute atomic E-state index is 12.8. The van der Waals surface area contributed by atoms with Crippen molar-refractivity contribution in [1.82, 2.24) is 4.31 Å². The van der Waals surface area contributed by atoms with E-state index in [2.05, 4.69) is 4.72 Å². The normalized spacial score (nSPS) is 16.2. The average molecular weight is 409 g/mol. The highest BCUT2D eigenvalue weighted by Crippen LogP contribution is 2.25. The lowest BCUT2D eigenvalue weighted by atomic mass is 10.2. The van der Waals surface area contributed by atoms with Gasteiger partial charge in [0.25, 0.3) is 10.0 Å². The van der Waals surface area contributed by atoms with Crippen LogP contribution in [0.3, 0.4) is 0 Å². The molecule has 146 valence electrons. The topological polar surface area (TPSA) is 83.5 Å². The average Bonchev–Trinajstić information content (AvgIpc) is 2.62. The van der Waals surface area contributed by atoms with Crippen LogP contribution in [0.25, 0.3) is 0 Å². The van der Waals surface area contributed by atoms with E-state index in [0.29, 0.717) is 18.7 Å². The lowest BCUT2D eigenvalue weighted by Crippen LogP contribution is -2.35. The summed E-state index contributed by atoms with van der Waals surface area (Å²) >= 11 is 0. The molecule has 1 aliphatic rings. The van der Waals surface area contributed by atoms with Gasteiger partial charge in [-0.15, -0.1) is 0 Å². The first-order chi connectivity index (χ1) is 12.7. The minimum atomic E-state index is -3.81. The van der Waals surface area contributed by atoms with Gasteiger partial charge in [0.15, 0.2) is 0 Å². The van der Waals surface area contributed by atoms with Gasteiger partial charge in [-0.1, -0.05) is 30.2 Å². The summed E-state index contributed by atoms with van der Waals surface area (Å²) in [4.78, 5) is 0.280. The number of sulfonamides is 2. The zero-order valence-corrected chi connectivity index (χ0v) is 17.1. The molecule has 0 unspecified atom stereocenters. The molecule has 1 heterocycles. The Kier molecular flexibility index (Phi) is 5.60. The summed E-state index contributed by atoms with van der Waals surface area (Å²) in [6.07, 6.45) is 2.72. The lowest BCUT2D eigenvalue weighted by molar-refractivity contribution is 0.346. The largest absolute Gasteiger partial charge is 0.280 e. The van der Waals surface area contributed by atoms with Crippen LogP contribution in [0.4, 0.5) is 5.69 Å². The number of nitrogens with zero attached hydrogens (tertiary/aromatic N) is 1. The highest BCUT2D eigenvalue weighted by Gasteiger charge is 2.26. The van der Waals surface area contributed by atoms with Crippen LogP contribution in [0, 0.1) is 13.8 Å². The van der Waals surface area contributed by atoms with Crippen LogP contribution >= 0.6 is 0 Å². The van der Waals surface area contributed by atoms with Gasteiger partial charge >= 0.3 is 0 Å². The molecule has 0 saturated carbocycles. The zero-order valence-electron chi connectivity index (χ0n) is 15.5. The first kappa shape index (κ1) is 19.9. The van der Waals surface area contributed by atoms with Gasteiger partial charge in [0.2, 0.25) is 10.0 Å². The number of benzene rings is 2. The molecule has 0 radical (unpaired) electrons. The van der Waals surface area contributed by atoms with Crippen molar-refractivity contribution in [1.29, 1.82) is 0 Å². The molecule has 0 atom stereocenters. The first-order valence-electron chi connectivity index (χ1n) is 8.90. The maximum Gasteiger partial charge on any atom is 0.262 e. The molecule has 0 amide bonds. The van der Waals surface area contributed by atoms with Gasteiger partial charge in [0.05, 0.1) is 15.5 Å². The summed E-state index contributed by atoms with van der Waals surface area (Å²) in [5, 5.41) is 0. The maximum atomic E-state index is 12.8. The quantitative estimate of drug-likeness (QED) is 0.823. The molecule has 1 N–H and O–H groups in total. The van der Waals surface area contributed by atoms with E-state index in [9.17, 15) is 16.8 Å². The smallest absolute Gasteiger partial charge is 0.262 e. The van der Waals surface area contributed by atoms with Crippen molar-refractivity contribution in [2.24, 2.45) is 0 Å². The number of hydrogen-bond donors (Lipinski definition) is 1. The number of aryl methyl sites for hydroxylation is 2. The van der Waals surface area contributed by atoms with Crippen molar-refractivity contribution in [3.8, 4) is 0 Å². The van der Waals surface area contributed by atoms with E-state index in [1.165, 1.54) is 16.4 Å². The fourth-order valence-corrected chi connectivity index (χ4v) is 6.13. The number of nitrogens with one attached hydrogen (secondary N) is 1. The predicted octanol–water partition coefficient (Wildman–Crippen LogP) is 3.28. The van der Waals surface area contributed by atoms with Gasteiger partial charge in [0.1, 0.15) is 0 Å². The second kappa shape index (κ2) is 7.61. The van der Waals surface area contributed by atoms with Crippen LogP contribution in [-0.4, -0.2) is 34.2 Å². The van der Waals surface area contributed by atoms with E-state index in [1.54, 1.807) is 37.3 Å². The highest BCUT2D eigenvalue weighted by atomic mass is 32.2. The van der Waals surface area contributed by atoms with Gasteiger partial charge in [-0.3, -0.25) is 4.72 Å². The Labute approximate surface area is 161 Å². The number of anilines is 1. The standard InChI is InChI=1S/C19H24N2O4S2/c1-15-9-10-19(16(2)13-15)26(22,23)20-17-7-6-8-18(14-17)27(24,25)21-11-4-3-5-12-21/h6-10,13-14,20H,3-5,11-12H2,1-2H3. The lowest BCUT2D eigenvalue weighted by Gasteiger charge is -2.26. The number of rotatable bonds is 5. The summed E-state index contributed by atoms with van der Waals surface area (Å²) in [7, 11) is -7.43. The Balaban J connectivity index is 1.89. The molecule has 3 rings (SSSR count). The third-order valence-corrected chi connectivity index (χ3v) is 8.10. The van der Waals surface area contributed by atoms with Gasteiger partial charge in [0, 0.05) is 13.1 Å². The predicted molar refractivity (Wildman–Crippen MR) is 106 cm³/mol. The highest BCUT2D eigenvalue weighted by molar-refractivity contribution is 7.92. The van der Waals surface area contributed by atoms with Crippen molar-refractivity contribution in [2.75, 3.05) is 17.8 Å². The molecule has 1 fully saturated rings. The zero-order chi connectivity index (χ0) is 19.7. The third kappa shape index (κ3) is 4.34. The van der Waals surface area contributed by atoms with E-state index in [0.717, 1.165) is 24.8 Å². The second-order valence-electron chi connectivity index (χ2n) is 6.87.